The third-order valence-electron chi connectivity index (χ3n) is 2.31. The minimum atomic E-state index is -4.68. The summed E-state index contributed by atoms with van der Waals surface area (Å²) in [6.07, 6.45) is -4.68. The average Bonchev–Trinajstić information content (AvgIpc) is 2.16. The van der Waals surface area contributed by atoms with Crippen molar-refractivity contribution in [3.8, 4) is 17.6 Å². The van der Waals surface area contributed by atoms with Crippen molar-refractivity contribution in [2.24, 2.45) is 5.92 Å². The van der Waals surface area contributed by atoms with Gasteiger partial charge in [0.25, 0.3) is 0 Å². The van der Waals surface area contributed by atoms with Crippen LogP contribution in [0.2, 0.25) is 0 Å². The average molecular weight is 241 g/mol. The lowest BCUT2D eigenvalue weighted by molar-refractivity contribution is -0.274. The number of rotatable bonds is 1. The molecule has 1 aromatic rings. The summed E-state index contributed by atoms with van der Waals surface area (Å²) in [6.45, 7) is 1.57. The standard InChI is InChI=1S/C12H10F3NO/c13-12(14,15)17-11-4-2-1-3-10(11)6-5-9-7-16-8-9/h1-4,9,16H,7-8H2. The largest absolute Gasteiger partial charge is 0.573 e. The molecule has 2 nitrogen and oxygen atoms in total. The third kappa shape index (κ3) is 3.40. The van der Waals surface area contributed by atoms with Gasteiger partial charge in [-0.3, -0.25) is 0 Å². The Kier molecular flexibility index (Phi) is 3.25. The normalized spacial score (nSPS) is 15.7. The summed E-state index contributed by atoms with van der Waals surface area (Å²) in [6, 6.07) is 5.89. The molecular weight excluding hydrogens is 231 g/mol. The number of halogens is 3. The quantitative estimate of drug-likeness (QED) is 0.761. The van der Waals surface area contributed by atoms with Gasteiger partial charge in [-0.2, -0.15) is 0 Å². The van der Waals surface area contributed by atoms with Gasteiger partial charge < -0.3 is 10.1 Å². The first-order chi connectivity index (χ1) is 8.04. The van der Waals surface area contributed by atoms with Crippen molar-refractivity contribution in [2.45, 2.75) is 6.36 Å². The topological polar surface area (TPSA) is 21.3 Å². The molecule has 0 spiro atoms. The van der Waals surface area contributed by atoms with Gasteiger partial charge in [-0.15, -0.1) is 13.2 Å². The molecule has 1 N–H and O–H groups in total. The van der Waals surface area contributed by atoms with Crippen molar-refractivity contribution in [2.75, 3.05) is 13.1 Å². The molecule has 1 fully saturated rings. The molecule has 0 aliphatic carbocycles. The first-order valence-corrected chi connectivity index (χ1v) is 5.11. The van der Waals surface area contributed by atoms with E-state index in [1.54, 1.807) is 6.07 Å². The van der Waals surface area contributed by atoms with Crippen molar-refractivity contribution in [3.63, 3.8) is 0 Å². The highest BCUT2D eigenvalue weighted by Crippen LogP contribution is 2.25. The van der Waals surface area contributed by atoms with Crippen LogP contribution in [-0.2, 0) is 0 Å². The van der Waals surface area contributed by atoms with E-state index in [1.807, 2.05) is 0 Å². The minimum absolute atomic E-state index is 0.217. The molecule has 1 saturated heterocycles. The second-order valence-corrected chi connectivity index (χ2v) is 3.67. The molecule has 0 saturated carbocycles. The molecule has 0 amide bonds. The molecule has 2 rings (SSSR count). The van der Waals surface area contributed by atoms with E-state index in [9.17, 15) is 13.2 Å². The van der Waals surface area contributed by atoms with E-state index in [-0.39, 0.29) is 17.2 Å². The molecule has 1 heterocycles. The molecular formula is C12H10F3NO. The Labute approximate surface area is 96.8 Å². The van der Waals surface area contributed by atoms with E-state index in [1.165, 1.54) is 18.2 Å². The van der Waals surface area contributed by atoms with Crippen molar-refractivity contribution >= 4 is 0 Å². The minimum Gasteiger partial charge on any atom is -0.404 e. The van der Waals surface area contributed by atoms with Crippen molar-refractivity contribution < 1.29 is 17.9 Å². The van der Waals surface area contributed by atoms with E-state index in [4.69, 9.17) is 0 Å². The Hall–Kier alpha value is -1.67. The van der Waals surface area contributed by atoms with Gasteiger partial charge in [-0.1, -0.05) is 24.0 Å². The van der Waals surface area contributed by atoms with Crippen LogP contribution in [0.5, 0.6) is 5.75 Å². The lowest BCUT2D eigenvalue weighted by atomic mass is 10.0. The molecule has 5 heteroatoms. The highest BCUT2D eigenvalue weighted by molar-refractivity contribution is 5.46. The fourth-order valence-corrected chi connectivity index (χ4v) is 1.35. The van der Waals surface area contributed by atoms with Gasteiger partial charge in [-0.05, 0) is 12.1 Å². The van der Waals surface area contributed by atoms with E-state index in [0.29, 0.717) is 0 Å². The van der Waals surface area contributed by atoms with E-state index in [0.717, 1.165) is 13.1 Å². The Bertz CT molecular complexity index is 455. The first kappa shape index (κ1) is 11.8. The van der Waals surface area contributed by atoms with Crippen molar-refractivity contribution in [1.82, 2.24) is 5.32 Å². The number of ether oxygens (including phenoxy) is 1. The number of para-hydroxylation sites is 1. The zero-order valence-electron chi connectivity index (χ0n) is 8.84. The Morgan fingerprint density at radius 2 is 1.94 bits per heavy atom. The fourth-order valence-electron chi connectivity index (χ4n) is 1.35. The predicted molar refractivity (Wildman–Crippen MR) is 56.4 cm³/mol. The van der Waals surface area contributed by atoms with Crippen LogP contribution < -0.4 is 10.1 Å². The Balaban J connectivity index is 2.17. The monoisotopic (exact) mass is 241 g/mol. The maximum Gasteiger partial charge on any atom is 0.573 e. The van der Waals surface area contributed by atoms with Crippen LogP contribution in [0.1, 0.15) is 5.56 Å². The summed E-state index contributed by atoms with van der Waals surface area (Å²) in [5, 5.41) is 3.04. The van der Waals surface area contributed by atoms with Gasteiger partial charge in [0, 0.05) is 19.0 Å². The second-order valence-electron chi connectivity index (χ2n) is 3.67. The van der Waals surface area contributed by atoms with Crippen LogP contribution in [0.3, 0.4) is 0 Å². The lowest BCUT2D eigenvalue weighted by Gasteiger charge is -2.21. The fraction of sp³-hybridized carbons (Fsp3) is 0.333. The van der Waals surface area contributed by atoms with Gasteiger partial charge in [0.2, 0.25) is 0 Å². The molecule has 0 radical (unpaired) electrons. The molecule has 90 valence electrons. The van der Waals surface area contributed by atoms with Crippen LogP contribution >= 0.6 is 0 Å². The highest BCUT2D eigenvalue weighted by atomic mass is 19.4. The summed E-state index contributed by atoms with van der Waals surface area (Å²) in [5.41, 5.74) is 0.261. The van der Waals surface area contributed by atoms with Crippen molar-refractivity contribution in [1.29, 1.82) is 0 Å². The van der Waals surface area contributed by atoms with E-state index in [2.05, 4.69) is 21.9 Å². The van der Waals surface area contributed by atoms with Gasteiger partial charge in [0.05, 0.1) is 5.56 Å². The zero-order valence-corrected chi connectivity index (χ0v) is 8.84. The summed E-state index contributed by atoms with van der Waals surface area (Å²) in [4.78, 5) is 0. The van der Waals surface area contributed by atoms with Crippen LogP contribution in [0, 0.1) is 17.8 Å². The SMILES string of the molecule is FC(F)(F)Oc1ccccc1C#CC1CNC1. The van der Waals surface area contributed by atoms with Gasteiger partial charge in [-0.25, -0.2) is 0 Å². The van der Waals surface area contributed by atoms with Gasteiger partial charge in [0.15, 0.2) is 0 Å². The second kappa shape index (κ2) is 4.68. The van der Waals surface area contributed by atoms with E-state index >= 15 is 0 Å². The maximum absolute atomic E-state index is 12.1. The van der Waals surface area contributed by atoms with Gasteiger partial charge in [0.1, 0.15) is 5.75 Å². The Morgan fingerprint density at radius 3 is 2.53 bits per heavy atom. The molecule has 0 atom stereocenters. The van der Waals surface area contributed by atoms with Crippen LogP contribution in [0.15, 0.2) is 24.3 Å². The number of alkyl halides is 3. The highest BCUT2D eigenvalue weighted by Gasteiger charge is 2.31. The van der Waals surface area contributed by atoms with Gasteiger partial charge >= 0.3 is 6.36 Å². The smallest absolute Gasteiger partial charge is 0.404 e. The number of nitrogens with one attached hydrogen (secondary N) is 1. The van der Waals surface area contributed by atoms with Crippen LogP contribution in [-0.4, -0.2) is 19.5 Å². The lowest BCUT2D eigenvalue weighted by Crippen LogP contribution is -2.40. The Morgan fingerprint density at radius 1 is 1.24 bits per heavy atom. The molecule has 0 aromatic heterocycles. The number of benzene rings is 1. The summed E-state index contributed by atoms with van der Waals surface area (Å²) in [7, 11) is 0. The van der Waals surface area contributed by atoms with Crippen LogP contribution in [0.4, 0.5) is 13.2 Å². The molecule has 1 aliphatic heterocycles. The van der Waals surface area contributed by atoms with Crippen molar-refractivity contribution in [3.05, 3.63) is 29.8 Å². The number of hydrogen-bond acceptors (Lipinski definition) is 2. The molecule has 1 aromatic carbocycles. The third-order valence-corrected chi connectivity index (χ3v) is 2.31. The van der Waals surface area contributed by atoms with Crippen LogP contribution in [0.25, 0.3) is 0 Å². The number of hydrogen-bond donors (Lipinski definition) is 1. The maximum atomic E-state index is 12.1. The predicted octanol–water partition coefficient (Wildman–Crippen LogP) is 2.16. The zero-order chi connectivity index (χ0) is 12.3. The summed E-state index contributed by atoms with van der Waals surface area (Å²) in [5.74, 6) is 5.59. The summed E-state index contributed by atoms with van der Waals surface area (Å²) >= 11 is 0. The molecule has 17 heavy (non-hydrogen) atoms. The first-order valence-electron chi connectivity index (χ1n) is 5.11. The summed E-state index contributed by atoms with van der Waals surface area (Å²) < 4.78 is 40.3. The van der Waals surface area contributed by atoms with E-state index < -0.39 is 6.36 Å². The molecule has 0 bridgehead atoms. The molecule has 0 unspecified atom stereocenters. The molecule has 1 aliphatic rings.